The summed E-state index contributed by atoms with van der Waals surface area (Å²) < 4.78 is 4.51. The first-order chi connectivity index (χ1) is 11.3. The van der Waals surface area contributed by atoms with Gasteiger partial charge in [-0.15, -0.1) is 0 Å². The van der Waals surface area contributed by atoms with Gasteiger partial charge >= 0.3 is 11.9 Å². The molecule has 24 heavy (non-hydrogen) atoms. The number of ketones is 2. The molecular weight excluding hydrogens is 312 g/mol. The topological polar surface area (TPSA) is 97.7 Å². The van der Waals surface area contributed by atoms with Crippen molar-refractivity contribution in [3.63, 3.8) is 0 Å². The van der Waals surface area contributed by atoms with Gasteiger partial charge in [0.05, 0.1) is 6.61 Å². The fourth-order valence-corrected chi connectivity index (χ4v) is 2.03. The number of esters is 1. The lowest BCUT2D eigenvalue weighted by molar-refractivity contribution is -0.153. The molecule has 0 amide bonds. The molecule has 0 aromatic heterocycles. The number of carboxylic acid groups (broad SMARTS) is 1. The van der Waals surface area contributed by atoms with Crippen molar-refractivity contribution in [2.45, 2.75) is 79.1 Å². The highest BCUT2D eigenvalue weighted by atomic mass is 16.5. The van der Waals surface area contributed by atoms with E-state index in [1.807, 2.05) is 20.8 Å². The molecule has 0 radical (unpaired) electrons. The van der Waals surface area contributed by atoms with E-state index in [9.17, 15) is 19.2 Å². The molecule has 1 unspecified atom stereocenters. The predicted octanol–water partition coefficient (Wildman–Crippen LogP) is 3.56. The van der Waals surface area contributed by atoms with Crippen molar-refractivity contribution in [3.8, 4) is 0 Å². The first-order valence-electron chi connectivity index (χ1n) is 8.82. The number of ether oxygens (including phenoxy) is 1. The van der Waals surface area contributed by atoms with Crippen LogP contribution in [0.1, 0.15) is 79.1 Å². The van der Waals surface area contributed by atoms with E-state index in [1.54, 1.807) is 6.92 Å². The van der Waals surface area contributed by atoms with Gasteiger partial charge < -0.3 is 9.84 Å². The fourth-order valence-electron chi connectivity index (χ4n) is 2.03. The summed E-state index contributed by atoms with van der Waals surface area (Å²) in [5, 5.41) is 8.53. The molecule has 0 fully saturated rings. The Morgan fingerprint density at radius 2 is 1.46 bits per heavy atom. The summed E-state index contributed by atoms with van der Waals surface area (Å²) in [7, 11) is 0. The zero-order valence-electron chi connectivity index (χ0n) is 15.4. The molecule has 0 aromatic carbocycles. The van der Waals surface area contributed by atoms with E-state index < -0.39 is 23.5 Å². The SMILES string of the molecule is CCCCC(=O)C(=O)OCC.CCCCC(CCC)C(=O)C(=O)O. The van der Waals surface area contributed by atoms with Crippen LogP contribution in [-0.2, 0) is 23.9 Å². The summed E-state index contributed by atoms with van der Waals surface area (Å²) in [5.74, 6) is -3.26. The van der Waals surface area contributed by atoms with Crippen LogP contribution in [0.15, 0.2) is 0 Å². The second kappa shape index (κ2) is 16.1. The van der Waals surface area contributed by atoms with Crippen LogP contribution in [0.2, 0.25) is 0 Å². The van der Waals surface area contributed by atoms with Crippen LogP contribution < -0.4 is 0 Å². The first kappa shape index (κ1) is 24.5. The van der Waals surface area contributed by atoms with Crippen molar-refractivity contribution < 1.29 is 29.0 Å². The van der Waals surface area contributed by atoms with E-state index >= 15 is 0 Å². The molecule has 0 aliphatic rings. The van der Waals surface area contributed by atoms with Crippen molar-refractivity contribution in [2.24, 2.45) is 5.92 Å². The highest BCUT2D eigenvalue weighted by Gasteiger charge is 2.22. The van der Waals surface area contributed by atoms with Crippen LogP contribution in [0.3, 0.4) is 0 Å². The van der Waals surface area contributed by atoms with Gasteiger partial charge in [0, 0.05) is 12.3 Å². The Morgan fingerprint density at radius 1 is 0.875 bits per heavy atom. The molecule has 0 saturated carbocycles. The highest BCUT2D eigenvalue weighted by Crippen LogP contribution is 2.15. The second-order valence-electron chi connectivity index (χ2n) is 5.54. The van der Waals surface area contributed by atoms with Crippen molar-refractivity contribution >= 4 is 23.5 Å². The Kier molecular flexibility index (Phi) is 16.5. The van der Waals surface area contributed by atoms with Crippen LogP contribution in [0.4, 0.5) is 0 Å². The van der Waals surface area contributed by atoms with E-state index in [0.29, 0.717) is 12.8 Å². The van der Waals surface area contributed by atoms with Crippen LogP contribution in [0, 0.1) is 5.92 Å². The maximum Gasteiger partial charge on any atom is 0.374 e. The molecular formula is C18H32O6. The van der Waals surface area contributed by atoms with Gasteiger partial charge in [-0.2, -0.15) is 0 Å². The minimum atomic E-state index is -1.28. The van der Waals surface area contributed by atoms with Crippen molar-refractivity contribution in [1.82, 2.24) is 0 Å². The number of hydrogen-bond acceptors (Lipinski definition) is 5. The summed E-state index contributed by atoms with van der Waals surface area (Å²) >= 11 is 0. The van der Waals surface area contributed by atoms with Gasteiger partial charge in [0.15, 0.2) is 0 Å². The van der Waals surface area contributed by atoms with Gasteiger partial charge in [0.2, 0.25) is 11.6 Å². The van der Waals surface area contributed by atoms with Crippen molar-refractivity contribution in [3.05, 3.63) is 0 Å². The lowest BCUT2D eigenvalue weighted by Gasteiger charge is -2.10. The highest BCUT2D eigenvalue weighted by molar-refractivity contribution is 6.33. The Balaban J connectivity index is 0. The number of carbonyl (C=O) groups is 4. The minimum absolute atomic E-state index is 0.262. The Bertz CT molecular complexity index is 389. The number of Topliss-reactive ketones (excluding diaryl/α,β-unsaturated/α-hetero) is 2. The lowest BCUT2D eigenvalue weighted by atomic mass is 9.93. The van der Waals surface area contributed by atoms with Gasteiger partial charge in [-0.3, -0.25) is 9.59 Å². The van der Waals surface area contributed by atoms with E-state index in [-0.39, 0.29) is 12.5 Å². The van der Waals surface area contributed by atoms with E-state index in [4.69, 9.17) is 5.11 Å². The molecule has 0 spiro atoms. The molecule has 0 saturated heterocycles. The van der Waals surface area contributed by atoms with Crippen molar-refractivity contribution in [1.29, 1.82) is 0 Å². The molecule has 0 aliphatic heterocycles. The number of unbranched alkanes of at least 4 members (excludes halogenated alkanes) is 2. The number of carbonyl (C=O) groups excluding carboxylic acids is 3. The molecule has 1 atom stereocenters. The Hall–Kier alpha value is -1.72. The zero-order chi connectivity index (χ0) is 19.0. The molecule has 1 N–H and O–H groups in total. The van der Waals surface area contributed by atoms with E-state index in [1.165, 1.54) is 0 Å². The molecule has 6 nitrogen and oxygen atoms in total. The minimum Gasteiger partial charge on any atom is -0.475 e. The standard InChI is InChI=1S/C10H18O3.C8H14O3/c1-3-5-7-8(6-4-2)9(11)10(12)13;1-3-5-6-7(9)8(10)11-4-2/h8H,3-7H2,1-2H3,(H,12,13);3-6H2,1-2H3. The summed E-state index contributed by atoms with van der Waals surface area (Å²) in [6.07, 6.45) is 6.23. The largest absolute Gasteiger partial charge is 0.475 e. The summed E-state index contributed by atoms with van der Waals surface area (Å²) in [6.45, 7) is 7.93. The van der Waals surface area contributed by atoms with Gasteiger partial charge in [0.1, 0.15) is 0 Å². The first-order valence-corrected chi connectivity index (χ1v) is 8.82. The van der Waals surface area contributed by atoms with Crippen molar-refractivity contribution in [2.75, 3.05) is 6.61 Å². The van der Waals surface area contributed by atoms with E-state index in [0.717, 1.165) is 38.5 Å². The van der Waals surface area contributed by atoms with Gasteiger partial charge in [-0.05, 0) is 26.2 Å². The summed E-state index contributed by atoms with van der Waals surface area (Å²) in [4.78, 5) is 43.1. The van der Waals surface area contributed by atoms with Gasteiger partial charge in [0.25, 0.3) is 0 Å². The molecule has 6 heteroatoms. The Morgan fingerprint density at radius 3 is 1.88 bits per heavy atom. The number of aliphatic carboxylic acids is 1. The molecule has 0 rings (SSSR count). The third-order valence-electron chi connectivity index (χ3n) is 3.39. The average molecular weight is 344 g/mol. The lowest BCUT2D eigenvalue weighted by Crippen LogP contribution is -2.23. The third-order valence-corrected chi connectivity index (χ3v) is 3.39. The van der Waals surface area contributed by atoms with Crippen LogP contribution >= 0.6 is 0 Å². The summed E-state index contributed by atoms with van der Waals surface area (Å²) in [5.41, 5.74) is 0. The fraction of sp³-hybridized carbons (Fsp3) is 0.778. The monoisotopic (exact) mass is 344 g/mol. The number of carboxylic acids is 1. The maximum absolute atomic E-state index is 11.1. The number of rotatable bonds is 12. The summed E-state index contributed by atoms with van der Waals surface area (Å²) in [6, 6.07) is 0. The second-order valence-corrected chi connectivity index (χ2v) is 5.54. The van der Waals surface area contributed by atoms with E-state index in [2.05, 4.69) is 4.74 Å². The quantitative estimate of drug-likeness (QED) is 0.429. The molecule has 0 heterocycles. The molecule has 140 valence electrons. The van der Waals surface area contributed by atoms with Crippen LogP contribution in [0.5, 0.6) is 0 Å². The van der Waals surface area contributed by atoms with Crippen LogP contribution in [0.25, 0.3) is 0 Å². The molecule has 0 aromatic rings. The zero-order valence-corrected chi connectivity index (χ0v) is 15.4. The molecule has 0 aliphatic carbocycles. The third kappa shape index (κ3) is 12.8. The normalized spacial score (nSPS) is 11.0. The smallest absolute Gasteiger partial charge is 0.374 e. The molecule has 0 bridgehead atoms. The average Bonchev–Trinajstić information content (AvgIpc) is 2.56. The van der Waals surface area contributed by atoms with Crippen LogP contribution in [-0.4, -0.2) is 35.2 Å². The predicted molar refractivity (Wildman–Crippen MR) is 91.7 cm³/mol. The van der Waals surface area contributed by atoms with Gasteiger partial charge in [-0.1, -0.05) is 46.5 Å². The number of hydrogen-bond donors (Lipinski definition) is 1. The van der Waals surface area contributed by atoms with Gasteiger partial charge in [-0.25, -0.2) is 9.59 Å². The Labute approximate surface area is 145 Å². The maximum atomic E-state index is 11.1.